The van der Waals surface area contributed by atoms with Crippen molar-refractivity contribution in [2.45, 2.75) is 233 Å². The first kappa shape index (κ1) is 106. The van der Waals surface area contributed by atoms with Crippen LogP contribution in [-0.2, 0) is 117 Å². The van der Waals surface area contributed by atoms with Crippen LogP contribution in [0.5, 0.6) is 5.75 Å². The molecule has 6 aromatic rings. The van der Waals surface area contributed by atoms with Crippen LogP contribution < -0.4 is 76.1 Å². The number of para-hydroxylation sites is 2. The van der Waals surface area contributed by atoms with Crippen LogP contribution in [0.2, 0.25) is 0 Å². The average molecular weight is 1910 g/mol. The molecule has 0 aliphatic carbocycles. The summed E-state index contributed by atoms with van der Waals surface area (Å²) in [6, 6.07) is -3.25. The second-order valence-electron chi connectivity index (χ2n) is 34.2. The van der Waals surface area contributed by atoms with Crippen LogP contribution in [0.15, 0.2) is 97.7 Å². The predicted octanol–water partition coefficient (Wildman–Crippen LogP) is -3.75. The highest BCUT2D eigenvalue weighted by Gasteiger charge is 2.47. The minimum Gasteiger partial charge on any atom is -0.508 e. The lowest BCUT2D eigenvalue weighted by Gasteiger charge is -2.36. The van der Waals surface area contributed by atoms with E-state index in [1.165, 1.54) is 64.9 Å². The van der Waals surface area contributed by atoms with Crippen molar-refractivity contribution in [3.05, 3.63) is 120 Å². The van der Waals surface area contributed by atoms with Crippen molar-refractivity contribution in [2.75, 3.05) is 58.8 Å². The van der Waals surface area contributed by atoms with Gasteiger partial charge < -0.3 is 131 Å². The number of benzene rings is 3. The maximum absolute atomic E-state index is 15.8. The van der Waals surface area contributed by atoms with Crippen LogP contribution in [0, 0.1) is 0 Å². The number of fused-ring (bicyclic) bond motifs is 4. The maximum atomic E-state index is 15.8. The highest BCUT2D eigenvalue weighted by molar-refractivity contribution is 8.00. The van der Waals surface area contributed by atoms with E-state index in [4.69, 9.17) is 22.9 Å². The van der Waals surface area contributed by atoms with Gasteiger partial charge in [-0.2, -0.15) is 0 Å². The number of imidazole rings is 1. The van der Waals surface area contributed by atoms with Crippen molar-refractivity contribution in [3.8, 4) is 5.75 Å². The van der Waals surface area contributed by atoms with Crippen molar-refractivity contribution in [1.29, 1.82) is 0 Å². The Bertz CT molecular complexity index is 5300. The number of unbranched alkanes of at least 4 members (excludes halogenated alkanes) is 2. The molecule has 9 rings (SSSR count). The zero-order chi connectivity index (χ0) is 99.3. The molecule has 3 aliphatic rings. The quantitative estimate of drug-likeness (QED) is 0.0236. The summed E-state index contributed by atoms with van der Waals surface area (Å²) in [6.45, 7) is 3.08. The number of aliphatic carboxylic acids is 1. The Hall–Kier alpha value is -14.1. The van der Waals surface area contributed by atoms with E-state index < -0.39 is 273 Å². The van der Waals surface area contributed by atoms with Gasteiger partial charge in [0, 0.05) is 125 Å². The summed E-state index contributed by atoms with van der Waals surface area (Å²) in [7, 11) is 3.81. The number of phenols is 1. The number of thioether (sulfide) groups is 1. The highest BCUT2D eigenvalue weighted by Crippen LogP contribution is 2.28. The number of hydrogen-bond donors (Lipinski definition) is 20. The van der Waals surface area contributed by atoms with Gasteiger partial charge in [0.25, 0.3) is 0 Å². The van der Waals surface area contributed by atoms with Gasteiger partial charge in [0.1, 0.15) is 90.3 Å². The Morgan fingerprint density at radius 2 is 1.04 bits per heavy atom. The van der Waals surface area contributed by atoms with Gasteiger partial charge in [0.2, 0.25) is 106 Å². The van der Waals surface area contributed by atoms with E-state index in [9.17, 15) is 68.1 Å². The third-order valence-corrected chi connectivity index (χ3v) is 25.3. The van der Waals surface area contributed by atoms with Crippen molar-refractivity contribution >= 4 is 146 Å². The second kappa shape index (κ2) is 50.3. The Balaban J connectivity index is 1.11. The van der Waals surface area contributed by atoms with Gasteiger partial charge in [-0.25, -0.2) is 4.98 Å². The fraction of sp³-hybridized carbons (Fsp3) is 0.511. The number of aromatic hydroxyl groups is 1. The lowest BCUT2D eigenvalue weighted by atomic mass is 9.99. The molecule has 0 radical (unpaired) electrons. The second-order valence-corrected chi connectivity index (χ2v) is 35.2. The zero-order valence-corrected chi connectivity index (χ0v) is 77.4. The number of hydrogen-bond acceptors (Lipinski definition) is 24. The number of rotatable bonds is 27. The molecule has 46 heteroatoms. The predicted molar refractivity (Wildman–Crippen MR) is 493 cm³/mol. The zero-order valence-electron chi connectivity index (χ0n) is 76.6. The monoisotopic (exact) mass is 1910 g/mol. The number of aromatic nitrogens is 4. The number of carboxylic acids is 1. The number of likely N-dealkylation sites (N-methyl/N-ethyl adjacent to an activating group) is 3. The number of nitrogens with zero attached hydrogens (tertiary/aromatic N) is 6. The Labute approximate surface area is 787 Å². The topological polar surface area (TPSA) is 686 Å². The number of aliphatic hydroxyl groups is 1. The van der Waals surface area contributed by atoms with Gasteiger partial charge in [-0.05, 0) is 99.4 Å². The van der Waals surface area contributed by atoms with Crippen LogP contribution in [0.3, 0.4) is 0 Å². The first-order valence-corrected chi connectivity index (χ1v) is 46.2. The summed E-state index contributed by atoms with van der Waals surface area (Å²) < 4.78 is 0. The highest BCUT2D eigenvalue weighted by atomic mass is 32.2. The van der Waals surface area contributed by atoms with E-state index in [0.717, 1.165) is 24.5 Å². The number of amides is 18. The van der Waals surface area contributed by atoms with Gasteiger partial charge in [-0.3, -0.25) is 91.1 Å². The summed E-state index contributed by atoms with van der Waals surface area (Å²) in [5.74, 6) is -20.7. The minimum absolute atomic E-state index is 0.0377. The molecular weight excluding hydrogens is 1790 g/mol. The van der Waals surface area contributed by atoms with Gasteiger partial charge in [0.05, 0.1) is 36.8 Å². The van der Waals surface area contributed by atoms with Crippen molar-refractivity contribution in [2.24, 2.45) is 22.9 Å². The molecule has 136 heavy (non-hydrogen) atoms. The molecule has 45 nitrogen and oxygen atoms in total. The number of H-pyrrole nitrogens is 3. The molecule has 15 atom stereocenters. The normalized spacial score (nSPS) is 24.6. The van der Waals surface area contributed by atoms with Crippen LogP contribution in [0.25, 0.3) is 21.8 Å². The number of carboxylic acid groups (broad SMARTS) is 1. The SMILES string of the molecule is CCCC[C@H]1C(=O)N(C)[C@@H](CCCC)C(=O)N[C@@H](CCC(=O)O)C(=O)N[C@H](C(=O)NCC(N)=O)CSCC(=O)N[C@@H](Cc2ccc(O)cc2)C(=O)N(C)[C@@H](C)C(=O)N[C@@H](CC(N)=O)C(=O)N2CCC[C@H]2C(=O)N[C@@H](Cc2c[nH]cn2)C(=O)N[C@@H](CCC(N)=O)C(=O)N2C[C@H](O)C[C@H]2C(=O)N[C@@H](Cc2c[nH]c3ccccc23)C(=O)N[C@@H](CCN)C(=O)N[C@@H](Cc2c[nH]c3ccccc23)C(=O)N1C. The summed E-state index contributed by atoms with van der Waals surface area (Å²) >= 11 is 0.701. The molecule has 736 valence electrons. The first-order valence-electron chi connectivity index (χ1n) is 45.1. The van der Waals surface area contributed by atoms with E-state index in [1.54, 1.807) is 67.8 Å². The average Bonchev–Trinajstić information content (AvgIpc) is 1.64. The van der Waals surface area contributed by atoms with E-state index >= 15 is 38.4 Å². The molecule has 0 bridgehead atoms. The number of aromatic amines is 3. The van der Waals surface area contributed by atoms with E-state index in [2.05, 4.69) is 73.1 Å². The van der Waals surface area contributed by atoms with Crippen LogP contribution in [0.4, 0.5) is 0 Å². The van der Waals surface area contributed by atoms with Crippen molar-refractivity contribution in [1.82, 2.24) is 97.6 Å². The molecule has 0 saturated carbocycles. The molecular formula is C90H123N23O22S. The van der Waals surface area contributed by atoms with Gasteiger partial charge >= 0.3 is 5.97 Å². The van der Waals surface area contributed by atoms with Crippen LogP contribution in [-0.4, -0.2) is 322 Å². The Morgan fingerprint density at radius 3 is 1.63 bits per heavy atom. The minimum atomic E-state index is -1.83. The molecule has 3 fully saturated rings. The number of primary amides is 3. The molecule has 3 aliphatic heterocycles. The van der Waals surface area contributed by atoms with Crippen LogP contribution >= 0.6 is 11.8 Å². The number of aliphatic hydroxyl groups excluding tert-OH is 1. The van der Waals surface area contributed by atoms with Crippen molar-refractivity contribution < 1.29 is 106 Å². The smallest absolute Gasteiger partial charge is 0.303 e. The molecule has 18 amide bonds. The van der Waals surface area contributed by atoms with Gasteiger partial charge in [-0.15, -0.1) is 11.8 Å². The number of nitrogens with two attached hydrogens (primary N) is 4. The molecule has 3 saturated heterocycles. The standard InChI is InChI=1S/C90H123N23O22S/c1-7-9-20-68-83(128)102-59(28-30-76(120)121)79(124)108-67(78(123)98-43-74(94)118)45-136-46-75(119)100-64(34-49-23-25-53(114)26-24-49)86(131)109(4)48(3)77(122)106-66(39-73(93)117)89(134)112-33-15-22-69(112)84(129)105-63(37-52-42-95-47-99-52)82(127)103-61(27-29-72(92)116)88(133)113-44-54(115)38-71(113)85(130)104-62(35-50-40-96-57-18-13-11-16-55(50)57)81(126)101-60(31-32-91)80(125)107-65(36-51-41-97-58-19-14-12-17-56(51)58)87(132)111(6)70(21-10-8-2)90(135)110(68)5/h11-14,16-19,23-26,40-42,47-48,54,59-71,96-97,114-115H,7-10,15,20-22,27-39,43-46,91H2,1-6H3,(H2,92,116)(H2,93,117)(H2,94,118)(H,95,99)(H,98,123)(H,100,119)(H,101,126)(H,102,128)(H,103,127)(H,104,130)(H,105,129)(H,106,122)(H,107,125)(H,108,124)(H,120,121)/t48-,54+,59-,60-,61-,62-,63-,64-,65-,66-,67-,68-,69-,70-,71-/m0/s1. The summed E-state index contributed by atoms with van der Waals surface area (Å²) in [4.78, 5) is 294. The summed E-state index contributed by atoms with van der Waals surface area (Å²) in [6.07, 6.45) is 0.436. The van der Waals surface area contributed by atoms with E-state index in [-0.39, 0.29) is 82.3 Å². The Kier molecular flexibility index (Phi) is 39.1. The fourth-order valence-corrected chi connectivity index (χ4v) is 17.5. The number of nitrogens with one attached hydrogen (secondary N) is 13. The van der Waals surface area contributed by atoms with E-state index in [0.29, 0.717) is 69.5 Å². The van der Waals surface area contributed by atoms with Crippen molar-refractivity contribution in [3.63, 3.8) is 0 Å². The maximum Gasteiger partial charge on any atom is 0.303 e. The van der Waals surface area contributed by atoms with Gasteiger partial charge in [0.15, 0.2) is 0 Å². The molecule has 6 heterocycles. The third kappa shape index (κ3) is 29.2. The molecule has 3 aromatic carbocycles. The first-order chi connectivity index (χ1) is 64.8. The van der Waals surface area contributed by atoms with Gasteiger partial charge in [-0.1, -0.05) is 88.1 Å². The van der Waals surface area contributed by atoms with E-state index in [1.807, 2.05) is 6.92 Å². The molecule has 0 spiro atoms. The number of carbonyl (C=O) groups excluding carboxylic acids is 18. The number of carbonyl (C=O) groups is 19. The molecule has 0 unspecified atom stereocenters. The molecule has 3 aromatic heterocycles. The lowest BCUT2D eigenvalue weighted by Crippen LogP contribution is -2.61. The summed E-state index contributed by atoms with van der Waals surface area (Å²) in [5, 5.41) is 58.9. The Morgan fingerprint density at radius 1 is 0.515 bits per heavy atom. The fourth-order valence-electron chi connectivity index (χ4n) is 16.6. The molecule has 24 N–H and O–H groups in total. The number of phenolic OH excluding ortho intramolecular Hbond substituents is 1. The third-order valence-electron chi connectivity index (χ3n) is 24.2. The lowest BCUT2D eigenvalue weighted by molar-refractivity contribution is -0.149. The summed E-state index contributed by atoms with van der Waals surface area (Å²) in [5.41, 5.74) is 25.8. The largest absolute Gasteiger partial charge is 0.508 e. The van der Waals surface area contributed by atoms with Crippen LogP contribution in [0.1, 0.15) is 139 Å².